The Morgan fingerprint density at radius 1 is 1.47 bits per heavy atom. The van der Waals surface area contributed by atoms with Crippen molar-refractivity contribution in [3.05, 3.63) is 28.8 Å². The lowest BCUT2D eigenvalue weighted by Crippen LogP contribution is -2.29. The van der Waals surface area contributed by atoms with Crippen LogP contribution in [0.15, 0.2) is 23.1 Å². The van der Waals surface area contributed by atoms with E-state index in [-0.39, 0.29) is 11.5 Å². The summed E-state index contributed by atoms with van der Waals surface area (Å²) >= 11 is 5.87. The molecule has 4 nitrogen and oxygen atoms in total. The van der Waals surface area contributed by atoms with Crippen molar-refractivity contribution in [3.63, 3.8) is 0 Å². The van der Waals surface area contributed by atoms with Crippen LogP contribution in [0.1, 0.15) is 18.9 Å². The van der Waals surface area contributed by atoms with Gasteiger partial charge in [0.15, 0.2) is 0 Å². The van der Waals surface area contributed by atoms with Gasteiger partial charge in [0.1, 0.15) is 0 Å². The summed E-state index contributed by atoms with van der Waals surface area (Å²) in [5.41, 5.74) is 0.427. The Labute approximate surface area is 119 Å². The molecule has 1 aliphatic rings. The average Bonchev–Trinajstić information content (AvgIpc) is 3.05. The second-order valence-corrected chi connectivity index (χ2v) is 7.62. The van der Waals surface area contributed by atoms with Crippen molar-refractivity contribution in [2.24, 2.45) is 11.8 Å². The van der Waals surface area contributed by atoms with Gasteiger partial charge in [0.25, 0.3) is 0 Å². The van der Waals surface area contributed by atoms with Crippen molar-refractivity contribution < 1.29 is 13.5 Å². The summed E-state index contributed by atoms with van der Waals surface area (Å²) in [5, 5.41) is 9.52. The lowest BCUT2D eigenvalue weighted by atomic mass is 10.2. The summed E-state index contributed by atoms with van der Waals surface area (Å²) in [7, 11) is -1.91. The zero-order valence-electron chi connectivity index (χ0n) is 11.0. The molecule has 19 heavy (non-hydrogen) atoms. The molecule has 2 unspecified atom stereocenters. The van der Waals surface area contributed by atoms with E-state index in [0.29, 0.717) is 29.0 Å². The molecule has 0 spiro atoms. The zero-order valence-corrected chi connectivity index (χ0v) is 12.6. The first kappa shape index (κ1) is 14.8. The van der Waals surface area contributed by atoms with Gasteiger partial charge in [-0.1, -0.05) is 18.5 Å². The van der Waals surface area contributed by atoms with Gasteiger partial charge in [0.05, 0.1) is 11.5 Å². The third kappa shape index (κ3) is 3.11. The van der Waals surface area contributed by atoms with E-state index in [1.807, 2.05) is 0 Å². The standard InChI is InChI=1S/C13H18ClNO3S/c1-9-5-10(9)7-15(2)19(17,18)12-3-4-13(14)11(6-12)8-16/h3-4,6,9-10,16H,5,7-8H2,1-2H3. The molecule has 0 amide bonds. The molecule has 0 aliphatic heterocycles. The molecule has 1 N–H and O–H groups in total. The van der Waals surface area contributed by atoms with E-state index in [4.69, 9.17) is 16.7 Å². The third-order valence-electron chi connectivity index (χ3n) is 3.66. The van der Waals surface area contributed by atoms with Crippen LogP contribution in [0.4, 0.5) is 0 Å². The minimum absolute atomic E-state index is 0.178. The van der Waals surface area contributed by atoms with E-state index in [2.05, 4.69) is 6.92 Å². The summed E-state index contributed by atoms with van der Waals surface area (Å²) in [5.74, 6) is 1.07. The fraction of sp³-hybridized carbons (Fsp3) is 0.538. The molecule has 0 aromatic heterocycles. The highest BCUT2D eigenvalue weighted by atomic mass is 35.5. The molecule has 1 aromatic carbocycles. The number of nitrogens with zero attached hydrogens (tertiary/aromatic N) is 1. The molecule has 106 valence electrons. The summed E-state index contributed by atoms with van der Waals surface area (Å²) in [4.78, 5) is 0.178. The van der Waals surface area contributed by atoms with Crippen molar-refractivity contribution in [1.82, 2.24) is 4.31 Å². The monoisotopic (exact) mass is 303 g/mol. The molecule has 2 atom stereocenters. The highest BCUT2D eigenvalue weighted by molar-refractivity contribution is 7.89. The fourth-order valence-corrected chi connectivity index (χ4v) is 3.55. The predicted octanol–water partition coefficient (Wildman–Crippen LogP) is 2.11. The first-order chi connectivity index (χ1) is 8.86. The predicted molar refractivity (Wildman–Crippen MR) is 74.5 cm³/mol. The zero-order chi connectivity index (χ0) is 14.2. The molecule has 0 saturated heterocycles. The first-order valence-electron chi connectivity index (χ1n) is 6.22. The van der Waals surface area contributed by atoms with Gasteiger partial charge in [-0.2, -0.15) is 0 Å². The van der Waals surface area contributed by atoms with Gasteiger partial charge >= 0.3 is 0 Å². The molecule has 1 fully saturated rings. The maximum atomic E-state index is 12.4. The molecule has 6 heteroatoms. The van der Waals surface area contributed by atoms with Crippen LogP contribution in [0.25, 0.3) is 0 Å². The van der Waals surface area contributed by atoms with Gasteiger partial charge in [0, 0.05) is 18.6 Å². The van der Waals surface area contributed by atoms with Crippen LogP contribution in [-0.2, 0) is 16.6 Å². The van der Waals surface area contributed by atoms with Gasteiger partial charge in [-0.05, 0) is 42.0 Å². The Morgan fingerprint density at radius 3 is 2.63 bits per heavy atom. The van der Waals surface area contributed by atoms with Gasteiger partial charge in [-0.15, -0.1) is 0 Å². The number of aliphatic hydroxyl groups is 1. The van der Waals surface area contributed by atoms with Crippen LogP contribution in [0.3, 0.4) is 0 Å². The lowest BCUT2D eigenvalue weighted by Gasteiger charge is -2.17. The van der Waals surface area contributed by atoms with Gasteiger partial charge < -0.3 is 5.11 Å². The fourth-order valence-electron chi connectivity index (χ4n) is 2.09. The SMILES string of the molecule is CC1CC1CN(C)S(=O)(=O)c1ccc(Cl)c(CO)c1. The van der Waals surface area contributed by atoms with Crippen LogP contribution in [-0.4, -0.2) is 31.4 Å². The van der Waals surface area contributed by atoms with Gasteiger partial charge in [0.2, 0.25) is 10.0 Å². The molecule has 1 saturated carbocycles. The molecule has 1 aliphatic carbocycles. The minimum Gasteiger partial charge on any atom is -0.392 e. The van der Waals surface area contributed by atoms with Gasteiger partial charge in [-0.25, -0.2) is 12.7 Å². The van der Waals surface area contributed by atoms with Crippen molar-refractivity contribution in [2.45, 2.75) is 24.8 Å². The Kier molecular flexibility index (Phi) is 4.20. The largest absolute Gasteiger partial charge is 0.392 e. The maximum absolute atomic E-state index is 12.4. The number of hydrogen-bond acceptors (Lipinski definition) is 3. The van der Waals surface area contributed by atoms with Crippen LogP contribution >= 0.6 is 11.6 Å². The smallest absolute Gasteiger partial charge is 0.242 e. The normalized spacial score (nSPS) is 22.8. The molecular formula is C13H18ClNO3S. The van der Waals surface area contributed by atoms with Crippen molar-refractivity contribution in [1.29, 1.82) is 0 Å². The number of hydrogen-bond donors (Lipinski definition) is 1. The lowest BCUT2D eigenvalue weighted by molar-refractivity contribution is 0.281. The second-order valence-electron chi connectivity index (χ2n) is 5.17. The number of benzene rings is 1. The Morgan fingerprint density at radius 2 is 2.11 bits per heavy atom. The number of halogens is 1. The molecule has 1 aromatic rings. The van der Waals surface area contributed by atoms with Crippen LogP contribution in [0.5, 0.6) is 0 Å². The van der Waals surface area contributed by atoms with Gasteiger partial charge in [-0.3, -0.25) is 0 Å². The Bertz CT molecular complexity index is 573. The van der Waals surface area contributed by atoms with Crippen LogP contribution < -0.4 is 0 Å². The van der Waals surface area contributed by atoms with E-state index >= 15 is 0 Å². The highest BCUT2D eigenvalue weighted by Crippen LogP contribution is 2.38. The first-order valence-corrected chi connectivity index (χ1v) is 8.03. The van der Waals surface area contributed by atoms with Crippen molar-refractivity contribution in [2.75, 3.05) is 13.6 Å². The summed E-state index contributed by atoms with van der Waals surface area (Å²) in [6.07, 6.45) is 1.09. The molecule has 2 rings (SSSR count). The number of aliphatic hydroxyl groups excluding tert-OH is 1. The van der Waals surface area contributed by atoms with Crippen molar-refractivity contribution in [3.8, 4) is 0 Å². The third-order valence-corrected chi connectivity index (χ3v) is 5.85. The second kappa shape index (κ2) is 5.40. The van der Waals surface area contributed by atoms with E-state index in [9.17, 15) is 8.42 Å². The van der Waals surface area contributed by atoms with Crippen LogP contribution in [0.2, 0.25) is 5.02 Å². The summed E-state index contributed by atoms with van der Waals surface area (Å²) in [6, 6.07) is 4.42. The quantitative estimate of drug-likeness (QED) is 0.906. The van der Waals surface area contributed by atoms with E-state index in [1.165, 1.54) is 22.5 Å². The average molecular weight is 304 g/mol. The topological polar surface area (TPSA) is 57.6 Å². The van der Waals surface area contributed by atoms with Crippen molar-refractivity contribution >= 4 is 21.6 Å². The van der Waals surface area contributed by atoms with Crippen LogP contribution in [0, 0.1) is 11.8 Å². The minimum atomic E-state index is -3.50. The van der Waals surface area contributed by atoms with E-state index in [0.717, 1.165) is 6.42 Å². The maximum Gasteiger partial charge on any atom is 0.242 e. The Balaban J connectivity index is 2.23. The summed E-state index contributed by atoms with van der Waals surface area (Å²) in [6.45, 7) is 2.39. The van der Waals surface area contributed by atoms with E-state index < -0.39 is 10.0 Å². The summed E-state index contributed by atoms with van der Waals surface area (Å²) < 4.78 is 26.1. The molecule has 0 heterocycles. The molecule has 0 radical (unpaired) electrons. The number of rotatable bonds is 5. The highest BCUT2D eigenvalue weighted by Gasteiger charge is 2.36. The molecule has 0 bridgehead atoms. The van der Waals surface area contributed by atoms with E-state index in [1.54, 1.807) is 7.05 Å². The molecular weight excluding hydrogens is 286 g/mol. The number of sulfonamides is 1. The Hall–Kier alpha value is -0.620.